The van der Waals surface area contributed by atoms with Crippen molar-refractivity contribution < 1.29 is 14.0 Å². The van der Waals surface area contributed by atoms with Crippen molar-refractivity contribution >= 4 is 17.3 Å². The first kappa shape index (κ1) is 16.8. The molecule has 0 saturated carbocycles. The number of hydrogen-bond donors (Lipinski definition) is 1. The maximum Gasteiger partial charge on any atom is 0.220 e. The van der Waals surface area contributed by atoms with E-state index in [4.69, 9.17) is 0 Å². The van der Waals surface area contributed by atoms with Gasteiger partial charge in [0, 0.05) is 30.8 Å². The number of Topliss-reactive ketones (excluding diaryl/α,β-unsaturated/α-hetero) is 1. The lowest BCUT2D eigenvalue weighted by molar-refractivity contribution is -0.121. The van der Waals surface area contributed by atoms with Crippen LogP contribution in [0.15, 0.2) is 48.8 Å². The molecule has 1 aromatic carbocycles. The van der Waals surface area contributed by atoms with Gasteiger partial charge in [0.15, 0.2) is 5.78 Å². The van der Waals surface area contributed by atoms with Crippen LogP contribution in [0.5, 0.6) is 0 Å². The molecule has 0 bridgehead atoms. The van der Waals surface area contributed by atoms with Gasteiger partial charge in [0.1, 0.15) is 11.5 Å². The molecule has 128 valence electrons. The number of imidazole rings is 1. The number of aromatic nitrogens is 2. The summed E-state index contributed by atoms with van der Waals surface area (Å²) >= 11 is 0. The number of amides is 1. The van der Waals surface area contributed by atoms with Gasteiger partial charge in [-0.05, 0) is 19.1 Å². The van der Waals surface area contributed by atoms with E-state index in [0.29, 0.717) is 16.9 Å². The van der Waals surface area contributed by atoms with Gasteiger partial charge in [-0.15, -0.1) is 0 Å². The van der Waals surface area contributed by atoms with Crippen LogP contribution >= 0.6 is 0 Å². The lowest BCUT2D eigenvalue weighted by Gasteiger charge is -2.03. The second-order valence-electron chi connectivity index (χ2n) is 5.91. The van der Waals surface area contributed by atoms with E-state index in [9.17, 15) is 14.0 Å². The number of benzene rings is 1. The number of aryl methyl sites for hydroxylation is 1. The highest BCUT2D eigenvalue weighted by Crippen LogP contribution is 2.09. The third kappa shape index (κ3) is 4.29. The summed E-state index contributed by atoms with van der Waals surface area (Å²) in [5.41, 5.74) is 2.94. The Kier molecular flexibility index (Phi) is 4.88. The largest absolute Gasteiger partial charge is 0.350 e. The lowest BCUT2D eigenvalue weighted by atomic mass is 10.1. The topological polar surface area (TPSA) is 63.5 Å². The molecule has 0 atom stereocenters. The van der Waals surface area contributed by atoms with Gasteiger partial charge >= 0.3 is 0 Å². The monoisotopic (exact) mass is 339 g/mol. The number of fused-ring (bicyclic) bond motifs is 1. The van der Waals surface area contributed by atoms with Gasteiger partial charge in [-0.25, -0.2) is 9.37 Å². The minimum atomic E-state index is -0.352. The highest BCUT2D eigenvalue weighted by molar-refractivity contribution is 5.97. The molecule has 0 fully saturated rings. The molecule has 0 radical (unpaired) electrons. The van der Waals surface area contributed by atoms with Gasteiger partial charge in [0.05, 0.1) is 12.2 Å². The number of halogens is 1. The van der Waals surface area contributed by atoms with Crippen molar-refractivity contribution in [1.29, 1.82) is 0 Å². The summed E-state index contributed by atoms with van der Waals surface area (Å²) in [6.45, 7) is 2.19. The summed E-state index contributed by atoms with van der Waals surface area (Å²) < 4.78 is 14.7. The van der Waals surface area contributed by atoms with E-state index < -0.39 is 0 Å². The molecule has 2 heterocycles. The molecule has 0 aliphatic carbocycles. The molecule has 0 unspecified atom stereocenters. The molecule has 6 heteroatoms. The van der Waals surface area contributed by atoms with Crippen molar-refractivity contribution in [3.05, 3.63) is 71.4 Å². The summed E-state index contributed by atoms with van der Waals surface area (Å²) in [7, 11) is 0. The maximum absolute atomic E-state index is 13.1. The number of carbonyl (C=O) groups excluding carboxylic acids is 2. The van der Waals surface area contributed by atoms with Gasteiger partial charge in [-0.2, -0.15) is 0 Å². The molecule has 0 aliphatic heterocycles. The molecule has 1 N–H and O–H groups in total. The van der Waals surface area contributed by atoms with Gasteiger partial charge in [0.25, 0.3) is 0 Å². The van der Waals surface area contributed by atoms with Gasteiger partial charge in [0.2, 0.25) is 5.91 Å². The average Bonchev–Trinajstić information content (AvgIpc) is 3.00. The standard InChI is InChI=1S/C19H18FN3O2/c1-13-2-4-14(5-3-13)17(24)7-9-19(25)21-10-16-12-23-11-15(20)6-8-18(23)22-16/h2-6,8,11-12H,7,9-10H2,1H3,(H,21,25). The highest BCUT2D eigenvalue weighted by atomic mass is 19.1. The third-order valence-electron chi connectivity index (χ3n) is 3.88. The molecule has 3 aromatic rings. The Morgan fingerprint density at radius 3 is 2.60 bits per heavy atom. The second kappa shape index (κ2) is 7.25. The quantitative estimate of drug-likeness (QED) is 0.702. The first-order valence-corrected chi connectivity index (χ1v) is 8.01. The third-order valence-corrected chi connectivity index (χ3v) is 3.88. The smallest absolute Gasteiger partial charge is 0.220 e. The van der Waals surface area contributed by atoms with E-state index in [2.05, 4.69) is 10.3 Å². The zero-order valence-electron chi connectivity index (χ0n) is 13.8. The fourth-order valence-electron chi connectivity index (χ4n) is 2.49. The van der Waals surface area contributed by atoms with Crippen LogP contribution in [0.3, 0.4) is 0 Å². The zero-order chi connectivity index (χ0) is 17.8. The normalized spacial score (nSPS) is 10.8. The predicted octanol–water partition coefficient (Wildman–Crippen LogP) is 3.06. The van der Waals surface area contributed by atoms with Crippen LogP contribution in [-0.2, 0) is 11.3 Å². The minimum absolute atomic E-state index is 0.0571. The Balaban J connectivity index is 1.50. The Hall–Kier alpha value is -3.02. The highest BCUT2D eigenvalue weighted by Gasteiger charge is 2.10. The van der Waals surface area contributed by atoms with Crippen molar-refractivity contribution in [2.75, 3.05) is 0 Å². The average molecular weight is 339 g/mol. The zero-order valence-corrected chi connectivity index (χ0v) is 13.8. The van der Waals surface area contributed by atoms with Gasteiger partial charge < -0.3 is 9.72 Å². The summed E-state index contributed by atoms with van der Waals surface area (Å²) in [5, 5.41) is 2.73. The van der Waals surface area contributed by atoms with E-state index >= 15 is 0 Å². The summed E-state index contributed by atoms with van der Waals surface area (Å²) in [6.07, 6.45) is 3.27. The number of nitrogens with zero attached hydrogens (tertiary/aromatic N) is 2. The second-order valence-corrected chi connectivity index (χ2v) is 5.91. The summed E-state index contributed by atoms with van der Waals surface area (Å²) in [4.78, 5) is 28.3. The van der Waals surface area contributed by atoms with E-state index in [1.807, 2.05) is 19.1 Å². The number of nitrogens with one attached hydrogen (secondary N) is 1. The van der Waals surface area contributed by atoms with Crippen molar-refractivity contribution in [2.45, 2.75) is 26.3 Å². The molecule has 1 amide bonds. The summed E-state index contributed by atoms with van der Waals surface area (Å²) in [6, 6.07) is 10.2. The number of ketones is 1. The van der Waals surface area contributed by atoms with Crippen molar-refractivity contribution in [1.82, 2.24) is 14.7 Å². The predicted molar refractivity (Wildman–Crippen MR) is 91.7 cm³/mol. The Bertz CT molecular complexity index is 916. The molecular formula is C19H18FN3O2. The van der Waals surface area contributed by atoms with Crippen LogP contribution in [0.4, 0.5) is 4.39 Å². The number of rotatable bonds is 6. The number of pyridine rings is 1. The molecule has 25 heavy (non-hydrogen) atoms. The Morgan fingerprint density at radius 1 is 1.08 bits per heavy atom. The summed E-state index contributed by atoms with van der Waals surface area (Å²) in [5.74, 6) is -0.628. The van der Waals surface area contributed by atoms with E-state index in [-0.39, 0.29) is 36.9 Å². The molecular weight excluding hydrogens is 321 g/mol. The molecule has 0 spiro atoms. The van der Waals surface area contributed by atoms with Crippen LogP contribution in [0.1, 0.15) is 34.5 Å². The van der Waals surface area contributed by atoms with E-state index in [0.717, 1.165) is 5.56 Å². The van der Waals surface area contributed by atoms with E-state index in [1.54, 1.807) is 28.8 Å². The molecule has 5 nitrogen and oxygen atoms in total. The molecule has 2 aromatic heterocycles. The number of carbonyl (C=O) groups is 2. The van der Waals surface area contributed by atoms with Crippen molar-refractivity contribution in [3.63, 3.8) is 0 Å². The molecule has 0 saturated heterocycles. The Morgan fingerprint density at radius 2 is 1.84 bits per heavy atom. The van der Waals surface area contributed by atoms with Crippen LogP contribution in [0.2, 0.25) is 0 Å². The van der Waals surface area contributed by atoms with Gasteiger partial charge in [-0.3, -0.25) is 9.59 Å². The SMILES string of the molecule is Cc1ccc(C(=O)CCC(=O)NCc2cn3cc(F)ccc3n2)cc1. The lowest BCUT2D eigenvalue weighted by Crippen LogP contribution is -2.23. The van der Waals surface area contributed by atoms with E-state index in [1.165, 1.54) is 12.3 Å². The fourth-order valence-corrected chi connectivity index (χ4v) is 2.49. The first-order valence-electron chi connectivity index (χ1n) is 8.01. The van der Waals surface area contributed by atoms with Crippen LogP contribution in [0.25, 0.3) is 5.65 Å². The van der Waals surface area contributed by atoms with Crippen LogP contribution < -0.4 is 5.32 Å². The van der Waals surface area contributed by atoms with Gasteiger partial charge in [-0.1, -0.05) is 29.8 Å². The molecule has 0 aliphatic rings. The van der Waals surface area contributed by atoms with Crippen LogP contribution in [-0.4, -0.2) is 21.1 Å². The van der Waals surface area contributed by atoms with Crippen molar-refractivity contribution in [3.8, 4) is 0 Å². The fraction of sp³-hybridized carbons (Fsp3) is 0.211. The number of hydrogen-bond acceptors (Lipinski definition) is 3. The minimum Gasteiger partial charge on any atom is -0.350 e. The Labute approximate surface area is 144 Å². The molecule has 3 rings (SSSR count). The van der Waals surface area contributed by atoms with Crippen LogP contribution in [0, 0.1) is 12.7 Å². The maximum atomic E-state index is 13.1. The first-order chi connectivity index (χ1) is 12.0. The van der Waals surface area contributed by atoms with Crippen molar-refractivity contribution in [2.24, 2.45) is 0 Å².